The molecule has 0 amide bonds. The standard InChI is InChI=1S/C11H22N4O2S/c1-3-4-7-14-18(16,17)11-9-13-15(10-11)8-5-6-12-2/h9-10,12,14H,3-8H2,1-2H3. The van der Waals surface area contributed by atoms with Crippen LogP contribution in [0.1, 0.15) is 26.2 Å². The molecule has 0 aliphatic rings. The van der Waals surface area contributed by atoms with Gasteiger partial charge in [0.2, 0.25) is 10.0 Å². The smallest absolute Gasteiger partial charge is 0.243 e. The summed E-state index contributed by atoms with van der Waals surface area (Å²) in [6.45, 7) is 4.10. The third kappa shape index (κ3) is 4.75. The highest BCUT2D eigenvalue weighted by molar-refractivity contribution is 7.89. The highest BCUT2D eigenvalue weighted by Gasteiger charge is 2.15. The van der Waals surface area contributed by atoms with Crippen LogP contribution in [-0.4, -0.2) is 38.3 Å². The fourth-order valence-corrected chi connectivity index (χ4v) is 2.52. The van der Waals surface area contributed by atoms with E-state index in [1.165, 1.54) is 6.20 Å². The van der Waals surface area contributed by atoms with Crippen LogP contribution < -0.4 is 10.0 Å². The summed E-state index contributed by atoms with van der Waals surface area (Å²) in [6, 6.07) is 0. The summed E-state index contributed by atoms with van der Waals surface area (Å²) in [5, 5.41) is 7.09. The molecule has 7 heteroatoms. The molecule has 1 heterocycles. The van der Waals surface area contributed by atoms with Crippen LogP contribution in [0.3, 0.4) is 0 Å². The molecule has 0 radical (unpaired) electrons. The lowest BCUT2D eigenvalue weighted by atomic mass is 10.3. The Labute approximate surface area is 109 Å². The Bertz CT molecular complexity index is 442. The van der Waals surface area contributed by atoms with Crippen molar-refractivity contribution in [3.05, 3.63) is 12.4 Å². The zero-order valence-electron chi connectivity index (χ0n) is 11.0. The van der Waals surface area contributed by atoms with Gasteiger partial charge in [0.05, 0.1) is 6.20 Å². The molecule has 0 spiro atoms. The molecule has 1 rings (SSSR count). The normalized spacial score (nSPS) is 11.9. The second-order valence-corrected chi connectivity index (χ2v) is 5.91. The van der Waals surface area contributed by atoms with Crippen molar-refractivity contribution < 1.29 is 8.42 Å². The van der Waals surface area contributed by atoms with Gasteiger partial charge in [0.15, 0.2) is 0 Å². The number of hydrogen-bond acceptors (Lipinski definition) is 4. The molecule has 104 valence electrons. The Morgan fingerprint density at radius 2 is 2.11 bits per heavy atom. The van der Waals surface area contributed by atoms with E-state index in [0.29, 0.717) is 13.1 Å². The van der Waals surface area contributed by atoms with E-state index in [1.807, 2.05) is 14.0 Å². The van der Waals surface area contributed by atoms with Crippen LogP contribution in [0.4, 0.5) is 0 Å². The zero-order valence-corrected chi connectivity index (χ0v) is 11.8. The van der Waals surface area contributed by atoms with Gasteiger partial charge in [-0.05, 0) is 26.4 Å². The molecule has 2 N–H and O–H groups in total. The second-order valence-electron chi connectivity index (χ2n) is 4.15. The maximum atomic E-state index is 11.9. The number of rotatable bonds is 9. The van der Waals surface area contributed by atoms with E-state index in [4.69, 9.17) is 0 Å². The fourth-order valence-electron chi connectivity index (χ4n) is 1.49. The Balaban J connectivity index is 2.55. The molecule has 0 atom stereocenters. The predicted molar refractivity (Wildman–Crippen MR) is 70.9 cm³/mol. The lowest BCUT2D eigenvalue weighted by Gasteiger charge is -2.03. The van der Waals surface area contributed by atoms with Gasteiger partial charge in [0.1, 0.15) is 4.90 Å². The fraction of sp³-hybridized carbons (Fsp3) is 0.727. The largest absolute Gasteiger partial charge is 0.320 e. The van der Waals surface area contributed by atoms with E-state index in [1.54, 1.807) is 10.9 Å². The van der Waals surface area contributed by atoms with E-state index in [-0.39, 0.29) is 4.90 Å². The number of sulfonamides is 1. The SMILES string of the molecule is CCCCNS(=O)(=O)c1cnn(CCCNC)c1. The zero-order chi connectivity index (χ0) is 13.4. The predicted octanol–water partition coefficient (Wildman–Crippen LogP) is 0.571. The summed E-state index contributed by atoms with van der Waals surface area (Å²) in [7, 11) is -1.51. The van der Waals surface area contributed by atoms with Crippen molar-refractivity contribution in [3.8, 4) is 0 Å². The van der Waals surface area contributed by atoms with E-state index >= 15 is 0 Å². The molecule has 0 aliphatic carbocycles. The molecule has 0 fully saturated rings. The van der Waals surface area contributed by atoms with Crippen LogP contribution >= 0.6 is 0 Å². The molecular formula is C11H22N4O2S. The number of nitrogens with zero attached hydrogens (tertiary/aromatic N) is 2. The summed E-state index contributed by atoms with van der Waals surface area (Å²) < 4.78 is 28.0. The Hall–Kier alpha value is -0.920. The molecule has 6 nitrogen and oxygen atoms in total. The lowest BCUT2D eigenvalue weighted by Crippen LogP contribution is -2.24. The molecule has 1 aromatic heterocycles. The molecule has 0 aromatic carbocycles. The topological polar surface area (TPSA) is 76.0 Å². The molecule has 0 unspecified atom stereocenters. The van der Waals surface area contributed by atoms with Gasteiger partial charge < -0.3 is 5.32 Å². The van der Waals surface area contributed by atoms with Gasteiger partial charge in [0.25, 0.3) is 0 Å². The van der Waals surface area contributed by atoms with Crippen LogP contribution in [0.5, 0.6) is 0 Å². The van der Waals surface area contributed by atoms with Crippen molar-refractivity contribution in [2.75, 3.05) is 20.1 Å². The molecule has 0 bridgehead atoms. The van der Waals surface area contributed by atoms with E-state index in [0.717, 1.165) is 25.8 Å². The van der Waals surface area contributed by atoms with Gasteiger partial charge in [-0.2, -0.15) is 5.10 Å². The third-order valence-electron chi connectivity index (χ3n) is 2.56. The van der Waals surface area contributed by atoms with Crippen molar-refractivity contribution in [1.29, 1.82) is 0 Å². The minimum absolute atomic E-state index is 0.239. The summed E-state index contributed by atoms with van der Waals surface area (Å²) in [4.78, 5) is 0.239. The minimum Gasteiger partial charge on any atom is -0.320 e. The molecule has 0 aliphatic heterocycles. The highest BCUT2D eigenvalue weighted by atomic mass is 32.2. The van der Waals surface area contributed by atoms with Crippen LogP contribution in [0, 0.1) is 0 Å². The second kappa shape index (κ2) is 7.50. The van der Waals surface area contributed by atoms with Crippen molar-refractivity contribution in [2.45, 2.75) is 37.6 Å². The van der Waals surface area contributed by atoms with Crippen molar-refractivity contribution in [3.63, 3.8) is 0 Å². The van der Waals surface area contributed by atoms with Gasteiger partial charge in [-0.3, -0.25) is 4.68 Å². The minimum atomic E-state index is -3.39. The van der Waals surface area contributed by atoms with Crippen LogP contribution in [0.2, 0.25) is 0 Å². The number of aryl methyl sites for hydroxylation is 1. The quantitative estimate of drug-likeness (QED) is 0.646. The van der Waals surface area contributed by atoms with Gasteiger partial charge in [-0.1, -0.05) is 13.3 Å². The van der Waals surface area contributed by atoms with Crippen LogP contribution in [-0.2, 0) is 16.6 Å². The Morgan fingerprint density at radius 1 is 1.33 bits per heavy atom. The van der Waals surface area contributed by atoms with Gasteiger partial charge in [-0.15, -0.1) is 0 Å². The number of unbranched alkanes of at least 4 members (excludes halogenated alkanes) is 1. The van der Waals surface area contributed by atoms with Crippen LogP contribution in [0.15, 0.2) is 17.3 Å². The molecular weight excluding hydrogens is 252 g/mol. The number of aromatic nitrogens is 2. The lowest BCUT2D eigenvalue weighted by molar-refractivity contribution is 0.559. The average molecular weight is 274 g/mol. The first-order valence-corrected chi connectivity index (χ1v) is 7.75. The summed E-state index contributed by atoms with van der Waals surface area (Å²) >= 11 is 0. The maximum absolute atomic E-state index is 11.9. The van der Waals surface area contributed by atoms with E-state index < -0.39 is 10.0 Å². The van der Waals surface area contributed by atoms with Gasteiger partial charge in [0, 0.05) is 19.3 Å². The number of hydrogen-bond donors (Lipinski definition) is 2. The summed E-state index contributed by atoms with van der Waals surface area (Å²) in [5.41, 5.74) is 0. The number of nitrogens with one attached hydrogen (secondary N) is 2. The summed E-state index contributed by atoms with van der Waals surface area (Å²) in [6.07, 6.45) is 5.69. The average Bonchev–Trinajstić information content (AvgIpc) is 2.79. The van der Waals surface area contributed by atoms with E-state index in [2.05, 4.69) is 15.1 Å². The maximum Gasteiger partial charge on any atom is 0.243 e. The van der Waals surface area contributed by atoms with Crippen molar-refractivity contribution in [1.82, 2.24) is 19.8 Å². The third-order valence-corrected chi connectivity index (χ3v) is 3.97. The first-order valence-electron chi connectivity index (χ1n) is 6.27. The first kappa shape index (κ1) is 15.1. The Morgan fingerprint density at radius 3 is 2.78 bits per heavy atom. The Kier molecular flexibility index (Phi) is 6.31. The molecule has 1 aromatic rings. The first-order chi connectivity index (χ1) is 8.60. The van der Waals surface area contributed by atoms with Gasteiger partial charge in [-0.25, -0.2) is 13.1 Å². The van der Waals surface area contributed by atoms with Crippen LogP contribution in [0.25, 0.3) is 0 Å². The molecule has 0 saturated carbocycles. The summed E-state index contributed by atoms with van der Waals surface area (Å²) in [5.74, 6) is 0. The molecule has 18 heavy (non-hydrogen) atoms. The monoisotopic (exact) mass is 274 g/mol. The molecule has 0 saturated heterocycles. The van der Waals surface area contributed by atoms with E-state index in [9.17, 15) is 8.42 Å². The van der Waals surface area contributed by atoms with Crippen molar-refractivity contribution in [2.24, 2.45) is 0 Å². The van der Waals surface area contributed by atoms with Crippen molar-refractivity contribution >= 4 is 10.0 Å². The highest BCUT2D eigenvalue weighted by Crippen LogP contribution is 2.07. The van der Waals surface area contributed by atoms with Gasteiger partial charge >= 0.3 is 0 Å².